The average Bonchev–Trinajstić information content (AvgIpc) is 3.11. The first-order valence-corrected chi connectivity index (χ1v) is 9.78. The molecule has 0 atom stereocenters. The lowest BCUT2D eigenvalue weighted by molar-refractivity contribution is -0.129. The van der Waals surface area contributed by atoms with Crippen molar-refractivity contribution in [1.82, 2.24) is 5.32 Å². The van der Waals surface area contributed by atoms with Crippen LogP contribution in [0.15, 0.2) is 18.2 Å². The number of benzene rings is 1. The molecule has 0 aromatic heterocycles. The van der Waals surface area contributed by atoms with E-state index in [4.69, 9.17) is 11.6 Å². The number of aryl methyl sites for hydroxylation is 1. The monoisotopic (exact) mass is 362 g/mol. The quantitative estimate of drug-likeness (QED) is 0.831. The second-order valence-electron chi connectivity index (χ2n) is 7.49. The molecule has 136 valence electrons. The first kappa shape index (κ1) is 18.2. The standard InChI is InChI=1S/C20H27ClN2O2/c1-13-6-11-17(12-18(13)21)23-20(25)15-9-7-14(8-10-15)19(24)22-16-4-2-3-5-16/h6,11-12,14-16H,2-5,7-10H2,1H3,(H,22,24)(H,23,25). The van der Waals surface area contributed by atoms with Gasteiger partial charge in [0, 0.05) is 28.6 Å². The predicted octanol–water partition coefficient (Wildman–Crippen LogP) is 4.45. The van der Waals surface area contributed by atoms with Crippen molar-refractivity contribution in [2.75, 3.05) is 5.32 Å². The lowest BCUT2D eigenvalue weighted by Crippen LogP contribution is -2.39. The van der Waals surface area contributed by atoms with Crippen molar-refractivity contribution in [1.29, 1.82) is 0 Å². The van der Waals surface area contributed by atoms with Gasteiger partial charge in [-0.1, -0.05) is 30.5 Å². The largest absolute Gasteiger partial charge is 0.353 e. The molecular weight excluding hydrogens is 336 g/mol. The van der Waals surface area contributed by atoms with E-state index in [9.17, 15) is 9.59 Å². The molecule has 0 heterocycles. The zero-order chi connectivity index (χ0) is 17.8. The van der Waals surface area contributed by atoms with Crippen molar-refractivity contribution < 1.29 is 9.59 Å². The van der Waals surface area contributed by atoms with Crippen LogP contribution in [0.1, 0.15) is 56.9 Å². The third kappa shape index (κ3) is 4.75. The Bertz CT molecular complexity index is 633. The number of carbonyl (C=O) groups excluding carboxylic acids is 2. The predicted molar refractivity (Wildman–Crippen MR) is 101 cm³/mol. The van der Waals surface area contributed by atoms with Gasteiger partial charge in [-0.05, 0) is 63.1 Å². The highest BCUT2D eigenvalue weighted by Gasteiger charge is 2.31. The Morgan fingerprint density at radius 2 is 1.56 bits per heavy atom. The summed E-state index contributed by atoms with van der Waals surface area (Å²) >= 11 is 6.11. The minimum absolute atomic E-state index is 0.0180. The molecule has 1 aromatic rings. The minimum atomic E-state index is -0.0180. The number of carbonyl (C=O) groups is 2. The van der Waals surface area contributed by atoms with Crippen molar-refractivity contribution in [2.24, 2.45) is 11.8 Å². The number of hydrogen-bond acceptors (Lipinski definition) is 2. The van der Waals surface area contributed by atoms with Crippen molar-refractivity contribution in [3.05, 3.63) is 28.8 Å². The van der Waals surface area contributed by atoms with Crippen molar-refractivity contribution in [3.63, 3.8) is 0 Å². The topological polar surface area (TPSA) is 58.2 Å². The fourth-order valence-electron chi connectivity index (χ4n) is 3.92. The third-order valence-electron chi connectivity index (χ3n) is 5.61. The molecule has 3 rings (SSSR count). The summed E-state index contributed by atoms with van der Waals surface area (Å²) in [6.07, 6.45) is 7.81. The SMILES string of the molecule is Cc1ccc(NC(=O)C2CCC(C(=O)NC3CCCC3)CC2)cc1Cl. The summed E-state index contributed by atoms with van der Waals surface area (Å²) < 4.78 is 0. The van der Waals surface area contributed by atoms with Crippen LogP contribution < -0.4 is 10.6 Å². The summed E-state index contributed by atoms with van der Waals surface area (Å²) in [5.41, 5.74) is 1.73. The van der Waals surface area contributed by atoms with E-state index in [0.717, 1.165) is 49.8 Å². The molecule has 0 radical (unpaired) electrons. The van der Waals surface area contributed by atoms with Crippen LogP contribution in [-0.4, -0.2) is 17.9 Å². The van der Waals surface area contributed by atoms with Gasteiger partial charge in [-0.15, -0.1) is 0 Å². The summed E-state index contributed by atoms with van der Waals surface area (Å²) in [7, 11) is 0. The van der Waals surface area contributed by atoms with Gasteiger partial charge in [-0.3, -0.25) is 9.59 Å². The maximum absolute atomic E-state index is 12.5. The van der Waals surface area contributed by atoms with E-state index < -0.39 is 0 Å². The lowest BCUT2D eigenvalue weighted by atomic mass is 9.81. The number of anilines is 1. The van der Waals surface area contributed by atoms with Crippen LogP contribution in [0.5, 0.6) is 0 Å². The van der Waals surface area contributed by atoms with Crippen molar-refractivity contribution in [3.8, 4) is 0 Å². The van der Waals surface area contributed by atoms with Gasteiger partial charge in [0.25, 0.3) is 0 Å². The van der Waals surface area contributed by atoms with Crippen LogP contribution in [0, 0.1) is 18.8 Å². The summed E-state index contributed by atoms with van der Waals surface area (Å²) in [6.45, 7) is 1.94. The molecule has 4 nitrogen and oxygen atoms in total. The van der Waals surface area contributed by atoms with Crippen LogP contribution in [0.4, 0.5) is 5.69 Å². The molecule has 1 aromatic carbocycles. The summed E-state index contributed by atoms with van der Waals surface area (Å²) in [6, 6.07) is 5.94. The normalized spacial score (nSPS) is 24.1. The van der Waals surface area contributed by atoms with Crippen LogP contribution >= 0.6 is 11.6 Å². The molecule has 0 saturated heterocycles. The van der Waals surface area contributed by atoms with Gasteiger partial charge >= 0.3 is 0 Å². The fraction of sp³-hybridized carbons (Fsp3) is 0.600. The average molecular weight is 363 g/mol. The molecule has 25 heavy (non-hydrogen) atoms. The Labute approximate surface area is 154 Å². The van der Waals surface area contributed by atoms with E-state index >= 15 is 0 Å². The fourth-order valence-corrected chi connectivity index (χ4v) is 4.10. The van der Waals surface area contributed by atoms with E-state index in [1.807, 2.05) is 19.1 Å². The molecule has 2 amide bonds. The van der Waals surface area contributed by atoms with Gasteiger partial charge < -0.3 is 10.6 Å². The Morgan fingerprint density at radius 3 is 2.16 bits per heavy atom. The first-order chi connectivity index (χ1) is 12.0. The molecule has 2 aliphatic rings. The zero-order valence-corrected chi connectivity index (χ0v) is 15.6. The van der Waals surface area contributed by atoms with Crippen LogP contribution in [0.25, 0.3) is 0 Å². The summed E-state index contributed by atoms with van der Waals surface area (Å²) in [5, 5.41) is 6.81. The van der Waals surface area contributed by atoms with E-state index in [1.165, 1.54) is 12.8 Å². The highest BCUT2D eigenvalue weighted by atomic mass is 35.5. The van der Waals surface area contributed by atoms with Crippen LogP contribution in [-0.2, 0) is 9.59 Å². The van der Waals surface area contributed by atoms with Crippen molar-refractivity contribution in [2.45, 2.75) is 64.3 Å². The molecule has 0 unspecified atom stereocenters. The van der Waals surface area contributed by atoms with Gasteiger partial charge in [0.15, 0.2) is 0 Å². The number of amides is 2. The van der Waals surface area contributed by atoms with Gasteiger partial charge in [-0.2, -0.15) is 0 Å². The molecule has 2 saturated carbocycles. The maximum atomic E-state index is 12.5. The molecule has 2 aliphatic carbocycles. The second kappa shape index (κ2) is 8.22. The summed E-state index contributed by atoms with van der Waals surface area (Å²) in [4.78, 5) is 24.8. The molecule has 2 N–H and O–H groups in total. The van der Waals surface area contributed by atoms with Crippen molar-refractivity contribution >= 4 is 29.1 Å². The van der Waals surface area contributed by atoms with Gasteiger partial charge in [0.1, 0.15) is 0 Å². The number of rotatable bonds is 4. The first-order valence-electron chi connectivity index (χ1n) is 9.40. The molecule has 0 spiro atoms. The van der Waals surface area contributed by atoms with Crippen LogP contribution in [0.3, 0.4) is 0 Å². The molecule has 0 bridgehead atoms. The molecule has 0 aliphatic heterocycles. The van der Waals surface area contributed by atoms with Gasteiger partial charge in [-0.25, -0.2) is 0 Å². The smallest absolute Gasteiger partial charge is 0.227 e. The zero-order valence-electron chi connectivity index (χ0n) is 14.8. The van der Waals surface area contributed by atoms with Gasteiger partial charge in [0.05, 0.1) is 0 Å². The van der Waals surface area contributed by atoms with Crippen LogP contribution in [0.2, 0.25) is 5.02 Å². The van der Waals surface area contributed by atoms with Gasteiger partial charge in [0.2, 0.25) is 11.8 Å². The highest BCUT2D eigenvalue weighted by Crippen LogP contribution is 2.31. The lowest BCUT2D eigenvalue weighted by Gasteiger charge is -2.28. The second-order valence-corrected chi connectivity index (χ2v) is 7.90. The van der Waals surface area contributed by atoms with E-state index in [0.29, 0.717) is 11.1 Å². The Balaban J connectivity index is 1.46. The molecule has 5 heteroatoms. The maximum Gasteiger partial charge on any atom is 0.227 e. The Hall–Kier alpha value is -1.55. The Kier molecular flexibility index (Phi) is 6.00. The molecule has 2 fully saturated rings. The summed E-state index contributed by atoms with van der Waals surface area (Å²) in [5.74, 6) is 0.278. The number of halogens is 1. The van der Waals surface area contributed by atoms with E-state index in [1.54, 1.807) is 6.07 Å². The van der Waals surface area contributed by atoms with E-state index in [2.05, 4.69) is 10.6 Å². The Morgan fingerprint density at radius 1 is 0.960 bits per heavy atom. The minimum Gasteiger partial charge on any atom is -0.353 e. The molecular formula is C20H27ClN2O2. The number of hydrogen-bond donors (Lipinski definition) is 2. The highest BCUT2D eigenvalue weighted by molar-refractivity contribution is 6.31. The number of nitrogens with one attached hydrogen (secondary N) is 2. The third-order valence-corrected chi connectivity index (χ3v) is 6.02. The van der Waals surface area contributed by atoms with E-state index in [-0.39, 0.29) is 23.7 Å².